The fourth-order valence-electron chi connectivity index (χ4n) is 2.43. The molecule has 104 valence electrons. The van der Waals surface area contributed by atoms with Crippen molar-refractivity contribution in [2.45, 2.75) is 45.1 Å². The summed E-state index contributed by atoms with van der Waals surface area (Å²) in [6, 6.07) is 6.38. The number of hydrogen-bond acceptors (Lipinski definition) is 2. The van der Waals surface area contributed by atoms with E-state index in [0.717, 1.165) is 28.7 Å². The fraction of sp³-hybridized carbons (Fsp3) is 0.533. The maximum atomic E-state index is 12.0. The maximum Gasteiger partial charge on any atom is 0.224 e. The number of carbonyl (C=O) groups is 1. The Morgan fingerprint density at radius 1 is 1.47 bits per heavy atom. The highest BCUT2D eigenvalue weighted by atomic mass is 79.9. The molecule has 0 aliphatic carbocycles. The van der Waals surface area contributed by atoms with Crippen LogP contribution in [-0.2, 0) is 4.79 Å². The Labute approximate surface area is 123 Å². The van der Waals surface area contributed by atoms with Gasteiger partial charge in [-0.3, -0.25) is 4.79 Å². The summed E-state index contributed by atoms with van der Waals surface area (Å²) in [5, 5.41) is 6.47. The standard InChI is InChI=1S/C15H21BrN2O/c1-11-13(16)6-4-7-14(11)18-15(19)9-8-12-5-2-3-10-17-12/h4,6-7,12,17H,2-3,5,8-10H2,1H3,(H,18,19). The smallest absolute Gasteiger partial charge is 0.224 e. The van der Waals surface area contributed by atoms with E-state index >= 15 is 0 Å². The highest BCUT2D eigenvalue weighted by Crippen LogP contribution is 2.23. The number of rotatable bonds is 4. The van der Waals surface area contributed by atoms with Crippen LogP contribution in [0.1, 0.15) is 37.7 Å². The van der Waals surface area contributed by atoms with E-state index in [0.29, 0.717) is 12.5 Å². The van der Waals surface area contributed by atoms with Crippen LogP contribution in [0.4, 0.5) is 5.69 Å². The molecule has 0 radical (unpaired) electrons. The molecule has 3 nitrogen and oxygen atoms in total. The number of halogens is 1. The summed E-state index contributed by atoms with van der Waals surface area (Å²) in [4.78, 5) is 12.0. The topological polar surface area (TPSA) is 41.1 Å². The zero-order valence-electron chi connectivity index (χ0n) is 11.3. The van der Waals surface area contributed by atoms with E-state index in [1.54, 1.807) is 0 Å². The summed E-state index contributed by atoms with van der Waals surface area (Å²) in [7, 11) is 0. The lowest BCUT2D eigenvalue weighted by atomic mass is 10.0. The molecule has 1 fully saturated rings. The van der Waals surface area contributed by atoms with Crippen molar-refractivity contribution in [3.63, 3.8) is 0 Å². The minimum Gasteiger partial charge on any atom is -0.326 e. The SMILES string of the molecule is Cc1c(Br)cccc1NC(=O)CCC1CCCCN1. The molecule has 1 aromatic rings. The number of amides is 1. The molecule has 19 heavy (non-hydrogen) atoms. The van der Waals surface area contributed by atoms with Crippen LogP contribution in [-0.4, -0.2) is 18.5 Å². The summed E-state index contributed by atoms with van der Waals surface area (Å²) < 4.78 is 1.03. The van der Waals surface area contributed by atoms with E-state index in [2.05, 4.69) is 26.6 Å². The lowest BCUT2D eigenvalue weighted by Crippen LogP contribution is -2.34. The van der Waals surface area contributed by atoms with Crippen LogP contribution in [0.25, 0.3) is 0 Å². The van der Waals surface area contributed by atoms with Crippen LogP contribution in [0.2, 0.25) is 0 Å². The van der Waals surface area contributed by atoms with E-state index in [4.69, 9.17) is 0 Å². The molecular weight excluding hydrogens is 304 g/mol. The zero-order chi connectivity index (χ0) is 13.7. The lowest BCUT2D eigenvalue weighted by molar-refractivity contribution is -0.116. The normalized spacial score (nSPS) is 19.2. The molecule has 1 aliphatic rings. The predicted molar refractivity (Wildman–Crippen MR) is 82.4 cm³/mol. The molecule has 2 N–H and O–H groups in total. The van der Waals surface area contributed by atoms with Gasteiger partial charge in [-0.1, -0.05) is 28.4 Å². The van der Waals surface area contributed by atoms with Gasteiger partial charge in [-0.2, -0.15) is 0 Å². The molecule has 0 bridgehead atoms. The van der Waals surface area contributed by atoms with E-state index in [9.17, 15) is 4.79 Å². The van der Waals surface area contributed by atoms with E-state index in [-0.39, 0.29) is 5.91 Å². The Balaban J connectivity index is 1.82. The first-order valence-corrected chi connectivity index (χ1v) is 7.74. The minimum absolute atomic E-state index is 0.105. The third-order valence-corrected chi connectivity index (χ3v) is 4.53. The van der Waals surface area contributed by atoms with Crippen molar-refractivity contribution >= 4 is 27.5 Å². The summed E-state index contributed by atoms with van der Waals surface area (Å²) in [5.41, 5.74) is 1.97. The molecule has 1 atom stereocenters. The largest absolute Gasteiger partial charge is 0.326 e. The summed E-state index contributed by atoms with van der Waals surface area (Å²) >= 11 is 3.48. The van der Waals surface area contributed by atoms with E-state index < -0.39 is 0 Å². The molecular formula is C15H21BrN2O. The van der Waals surface area contributed by atoms with Crippen LogP contribution >= 0.6 is 15.9 Å². The van der Waals surface area contributed by atoms with Crippen LogP contribution < -0.4 is 10.6 Å². The van der Waals surface area contributed by atoms with Gasteiger partial charge in [0.15, 0.2) is 0 Å². The van der Waals surface area contributed by atoms with Crippen LogP contribution in [0.3, 0.4) is 0 Å². The molecule has 1 aliphatic heterocycles. The number of piperidine rings is 1. The van der Waals surface area contributed by atoms with Crippen molar-refractivity contribution in [1.29, 1.82) is 0 Å². The number of carbonyl (C=O) groups excluding carboxylic acids is 1. The molecule has 2 rings (SSSR count). The lowest BCUT2D eigenvalue weighted by Gasteiger charge is -2.23. The molecule has 0 spiro atoms. The van der Waals surface area contributed by atoms with Gasteiger partial charge >= 0.3 is 0 Å². The number of benzene rings is 1. The molecule has 0 saturated carbocycles. The second-order valence-electron chi connectivity index (χ2n) is 5.15. The third kappa shape index (κ3) is 4.32. The monoisotopic (exact) mass is 324 g/mol. The van der Waals surface area contributed by atoms with E-state index in [1.807, 2.05) is 25.1 Å². The molecule has 1 heterocycles. The molecule has 1 amide bonds. The van der Waals surface area contributed by atoms with Gasteiger partial charge in [0, 0.05) is 22.6 Å². The average Bonchev–Trinajstić information content (AvgIpc) is 2.43. The predicted octanol–water partition coefficient (Wildman–Crippen LogP) is 3.62. The van der Waals surface area contributed by atoms with Crippen molar-refractivity contribution in [3.05, 3.63) is 28.2 Å². The Hall–Kier alpha value is -0.870. The highest BCUT2D eigenvalue weighted by molar-refractivity contribution is 9.10. The second-order valence-corrected chi connectivity index (χ2v) is 6.00. The second kappa shape index (κ2) is 7.06. The molecule has 1 unspecified atom stereocenters. The first-order valence-electron chi connectivity index (χ1n) is 6.95. The summed E-state index contributed by atoms with van der Waals surface area (Å²) in [6.07, 6.45) is 5.26. The van der Waals surface area contributed by atoms with Crippen LogP contribution in [0, 0.1) is 6.92 Å². The van der Waals surface area contributed by atoms with Gasteiger partial charge in [0.1, 0.15) is 0 Å². The Kier molecular flexibility index (Phi) is 5.40. The van der Waals surface area contributed by atoms with Crippen molar-refractivity contribution in [1.82, 2.24) is 5.32 Å². The molecule has 1 saturated heterocycles. The van der Waals surface area contributed by atoms with Gasteiger partial charge < -0.3 is 10.6 Å². The van der Waals surface area contributed by atoms with Gasteiger partial charge in [0.25, 0.3) is 0 Å². The van der Waals surface area contributed by atoms with Crippen molar-refractivity contribution in [2.24, 2.45) is 0 Å². The quantitative estimate of drug-likeness (QED) is 0.888. The maximum absolute atomic E-state index is 12.0. The molecule has 0 aromatic heterocycles. The van der Waals surface area contributed by atoms with Gasteiger partial charge in [-0.15, -0.1) is 0 Å². The van der Waals surface area contributed by atoms with Gasteiger partial charge in [-0.25, -0.2) is 0 Å². The average molecular weight is 325 g/mol. The number of hydrogen-bond donors (Lipinski definition) is 2. The van der Waals surface area contributed by atoms with Gasteiger partial charge in [0.05, 0.1) is 0 Å². The number of nitrogens with one attached hydrogen (secondary N) is 2. The fourth-order valence-corrected chi connectivity index (χ4v) is 2.80. The van der Waals surface area contributed by atoms with Gasteiger partial charge in [-0.05, 0) is 50.4 Å². The highest BCUT2D eigenvalue weighted by Gasteiger charge is 2.14. The van der Waals surface area contributed by atoms with Crippen molar-refractivity contribution in [3.8, 4) is 0 Å². The van der Waals surface area contributed by atoms with Crippen molar-refractivity contribution in [2.75, 3.05) is 11.9 Å². The number of anilines is 1. The van der Waals surface area contributed by atoms with Crippen molar-refractivity contribution < 1.29 is 4.79 Å². The first kappa shape index (κ1) is 14.5. The summed E-state index contributed by atoms with van der Waals surface area (Å²) in [6.45, 7) is 3.10. The van der Waals surface area contributed by atoms with E-state index in [1.165, 1.54) is 19.3 Å². The minimum atomic E-state index is 0.105. The Bertz CT molecular complexity index is 442. The van der Waals surface area contributed by atoms with Gasteiger partial charge in [0.2, 0.25) is 5.91 Å². The first-order chi connectivity index (χ1) is 9.16. The molecule has 1 aromatic carbocycles. The third-order valence-electron chi connectivity index (χ3n) is 3.67. The zero-order valence-corrected chi connectivity index (χ0v) is 12.9. The summed E-state index contributed by atoms with van der Waals surface area (Å²) in [5.74, 6) is 0.105. The van der Waals surface area contributed by atoms with Crippen LogP contribution in [0.15, 0.2) is 22.7 Å². The molecule has 4 heteroatoms. The Morgan fingerprint density at radius 2 is 2.32 bits per heavy atom. The Morgan fingerprint density at radius 3 is 3.05 bits per heavy atom. The van der Waals surface area contributed by atoms with Crippen LogP contribution in [0.5, 0.6) is 0 Å².